The molecule has 25 heavy (non-hydrogen) atoms. The molecule has 1 aromatic rings. The second-order valence-corrected chi connectivity index (χ2v) is 6.75. The Morgan fingerprint density at radius 1 is 1.56 bits per heavy atom. The number of nitrogens with zero attached hydrogens (tertiary/aromatic N) is 3. The molecule has 1 amide bonds. The highest BCUT2D eigenvalue weighted by Crippen LogP contribution is 2.27. The van der Waals surface area contributed by atoms with Gasteiger partial charge in [0.05, 0.1) is 22.2 Å². The SMILES string of the molecule is CC(C)C[C@H](N)C(=O)N[C@H]1CCN(c2ccc([N+](=O)[O-])cc2C#N)C1. The number of nitrogens with one attached hydrogen (secondary N) is 1. The highest BCUT2D eigenvalue weighted by Gasteiger charge is 2.27. The molecule has 0 aliphatic carbocycles. The maximum Gasteiger partial charge on any atom is 0.270 e. The molecule has 0 saturated carbocycles. The van der Waals surface area contributed by atoms with E-state index in [9.17, 15) is 20.2 Å². The molecular formula is C17H23N5O3. The van der Waals surface area contributed by atoms with Crippen LogP contribution in [0.2, 0.25) is 0 Å². The maximum absolute atomic E-state index is 12.1. The second-order valence-electron chi connectivity index (χ2n) is 6.75. The zero-order chi connectivity index (χ0) is 18.6. The first-order valence-corrected chi connectivity index (χ1v) is 8.31. The number of nitro groups is 1. The van der Waals surface area contributed by atoms with Crippen LogP contribution in [0.15, 0.2) is 18.2 Å². The van der Waals surface area contributed by atoms with Gasteiger partial charge in [-0.3, -0.25) is 14.9 Å². The van der Waals surface area contributed by atoms with Crippen LogP contribution in [0.4, 0.5) is 11.4 Å². The molecule has 2 atom stereocenters. The minimum absolute atomic E-state index is 0.0487. The van der Waals surface area contributed by atoms with Crippen molar-refractivity contribution in [1.29, 1.82) is 5.26 Å². The number of non-ortho nitro benzene ring substituents is 1. The lowest BCUT2D eigenvalue weighted by Crippen LogP contribution is -2.46. The van der Waals surface area contributed by atoms with Crippen LogP contribution in [-0.2, 0) is 4.79 Å². The van der Waals surface area contributed by atoms with E-state index in [1.54, 1.807) is 6.07 Å². The van der Waals surface area contributed by atoms with Gasteiger partial charge in [-0.15, -0.1) is 0 Å². The predicted octanol–water partition coefficient (Wildman–Crippen LogP) is 1.53. The predicted molar refractivity (Wildman–Crippen MR) is 94.0 cm³/mol. The summed E-state index contributed by atoms with van der Waals surface area (Å²) in [5.41, 5.74) is 6.70. The van der Waals surface area contributed by atoms with E-state index >= 15 is 0 Å². The van der Waals surface area contributed by atoms with Crippen LogP contribution in [0, 0.1) is 27.4 Å². The van der Waals surface area contributed by atoms with Gasteiger partial charge < -0.3 is 16.0 Å². The molecule has 8 nitrogen and oxygen atoms in total. The Balaban J connectivity index is 2.02. The molecule has 134 valence electrons. The number of amides is 1. The lowest BCUT2D eigenvalue weighted by molar-refractivity contribution is -0.384. The molecule has 1 fully saturated rings. The van der Waals surface area contributed by atoms with Gasteiger partial charge >= 0.3 is 0 Å². The molecular weight excluding hydrogens is 322 g/mol. The molecule has 2 rings (SSSR count). The zero-order valence-electron chi connectivity index (χ0n) is 14.4. The van der Waals surface area contributed by atoms with Crippen molar-refractivity contribution >= 4 is 17.3 Å². The fraction of sp³-hybridized carbons (Fsp3) is 0.529. The Morgan fingerprint density at radius 2 is 2.28 bits per heavy atom. The van der Waals surface area contributed by atoms with Gasteiger partial charge in [0.15, 0.2) is 0 Å². The summed E-state index contributed by atoms with van der Waals surface area (Å²) >= 11 is 0. The molecule has 0 unspecified atom stereocenters. The molecule has 1 heterocycles. The van der Waals surface area contributed by atoms with Crippen molar-refractivity contribution in [2.75, 3.05) is 18.0 Å². The minimum Gasteiger partial charge on any atom is -0.368 e. The van der Waals surface area contributed by atoms with Crippen molar-refractivity contribution < 1.29 is 9.72 Å². The summed E-state index contributed by atoms with van der Waals surface area (Å²) in [6.07, 6.45) is 1.37. The van der Waals surface area contributed by atoms with E-state index in [4.69, 9.17) is 5.73 Å². The fourth-order valence-electron chi connectivity index (χ4n) is 3.02. The van der Waals surface area contributed by atoms with Crippen LogP contribution < -0.4 is 16.0 Å². The number of carbonyl (C=O) groups is 1. The molecule has 0 radical (unpaired) electrons. The molecule has 1 aromatic carbocycles. The first-order valence-electron chi connectivity index (χ1n) is 8.31. The van der Waals surface area contributed by atoms with Crippen molar-refractivity contribution in [3.8, 4) is 6.07 Å². The first kappa shape index (κ1) is 18.7. The molecule has 1 aliphatic rings. The van der Waals surface area contributed by atoms with Gasteiger partial charge in [0, 0.05) is 31.3 Å². The Morgan fingerprint density at radius 3 is 2.88 bits per heavy atom. The first-order chi connectivity index (χ1) is 11.8. The third kappa shape index (κ3) is 4.67. The number of nitrogens with two attached hydrogens (primary N) is 1. The number of hydrogen-bond acceptors (Lipinski definition) is 6. The van der Waals surface area contributed by atoms with Crippen LogP contribution >= 0.6 is 0 Å². The number of benzene rings is 1. The number of carbonyl (C=O) groups excluding carboxylic acids is 1. The third-order valence-corrected chi connectivity index (χ3v) is 4.25. The topological polar surface area (TPSA) is 125 Å². The summed E-state index contributed by atoms with van der Waals surface area (Å²) in [5, 5.41) is 23.1. The Bertz CT molecular complexity index is 698. The third-order valence-electron chi connectivity index (χ3n) is 4.25. The summed E-state index contributed by atoms with van der Waals surface area (Å²) in [7, 11) is 0. The number of hydrogen-bond donors (Lipinski definition) is 2. The number of rotatable bonds is 6. The lowest BCUT2D eigenvalue weighted by atomic mass is 10.0. The van der Waals surface area contributed by atoms with E-state index < -0.39 is 11.0 Å². The summed E-state index contributed by atoms with van der Waals surface area (Å²) < 4.78 is 0. The highest BCUT2D eigenvalue weighted by molar-refractivity contribution is 5.82. The molecule has 0 bridgehead atoms. The van der Waals surface area contributed by atoms with E-state index in [1.165, 1.54) is 12.1 Å². The minimum atomic E-state index is -0.525. The van der Waals surface area contributed by atoms with Gasteiger partial charge in [-0.25, -0.2) is 0 Å². The quantitative estimate of drug-likeness (QED) is 0.595. The van der Waals surface area contributed by atoms with Crippen molar-refractivity contribution in [2.45, 2.75) is 38.8 Å². The van der Waals surface area contributed by atoms with E-state index in [2.05, 4.69) is 5.32 Å². The van der Waals surface area contributed by atoms with E-state index in [0.29, 0.717) is 31.1 Å². The highest BCUT2D eigenvalue weighted by atomic mass is 16.6. The maximum atomic E-state index is 12.1. The average molecular weight is 345 g/mol. The fourth-order valence-corrected chi connectivity index (χ4v) is 3.02. The number of nitriles is 1. The van der Waals surface area contributed by atoms with E-state index in [1.807, 2.05) is 24.8 Å². The normalized spacial score (nSPS) is 18.0. The van der Waals surface area contributed by atoms with Crippen molar-refractivity contribution in [3.05, 3.63) is 33.9 Å². The van der Waals surface area contributed by atoms with E-state index in [0.717, 1.165) is 6.42 Å². The smallest absolute Gasteiger partial charge is 0.270 e. The van der Waals surface area contributed by atoms with Crippen LogP contribution in [0.25, 0.3) is 0 Å². The van der Waals surface area contributed by atoms with Crippen LogP contribution in [0.5, 0.6) is 0 Å². The molecule has 8 heteroatoms. The molecule has 1 aliphatic heterocycles. The standard InChI is InChI=1S/C17H23N5O3/c1-11(2)7-15(19)17(23)20-13-5-6-21(10-13)16-4-3-14(22(24)25)8-12(16)9-18/h3-4,8,11,13,15H,5-7,10,19H2,1-2H3,(H,20,23)/t13-,15-/m0/s1. The lowest BCUT2D eigenvalue weighted by Gasteiger charge is -2.21. The monoisotopic (exact) mass is 345 g/mol. The number of anilines is 1. The zero-order valence-corrected chi connectivity index (χ0v) is 14.4. The molecule has 0 aromatic heterocycles. The molecule has 0 spiro atoms. The summed E-state index contributed by atoms with van der Waals surface area (Å²) in [6, 6.07) is 5.69. The Kier molecular flexibility index (Phi) is 5.93. The van der Waals surface area contributed by atoms with Gasteiger partial charge in [0.1, 0.15) is 6.07 Å². The summed E-state index contributed by atoms with van der Waals surface area (Å²) in [6.45, 7) is 5.24. The largest absolute Gasteiger partial charge is 0.368 e. The Labute approximate surface area is 146 Å². The molecule has 3 N–H and O–H groups in total. The van der Waals surface area contributed by atoms with Crippen LogP contribution in [-0.4, -0.2) is 36.0 Å². The molecule has 1 saturated heterocycles. The van der Waals surface area contributed by atoms with Crippen LogP contribution in [0.3, 0.4) is 0 Å². The van der Waals surface area contributed by atoms with Crippen LogP contribution in [0.1, 0.15) is 32.3 Å². The van der Waals surface area contributed by atoms with Gasteiger partial charge in [0.25, 0.3) is 5.69 Å². The number of nitro benzene ring substituents is 1. The van der Waals surface area contributed by atoms with E-state index in [-0.39, 0.29) is 23.2 Å². The average Bonchev–Trinajstić information content (AvgIpc) is 3.01. The van der Waals surface area contributed by atoms with Gasteiger partial charge in [-0.1, -0.05) is 13.8 Å². The summed E-state index contributed by atoms with van der Waals surface area (Å²) in [4.78, 5) is 24.4. The summed E-state index contributed by atoms with van der Waals surface area (Å²) in [5.74, 6) is 0.184. The Hall–Kier alpha value is -2.66. The van der Waals surface area contributed by atoms with Crippen molar-refractivity contribution in [1.82, 2.24) is 5.32 Å². The van der Waals surface area contributed by atoms with Gasteiger partial charge in [-0.05, 0) is 24.8 Å². The second kappa shape index (κ2) is 7.94. The van der Waals surface area contributed by atoms with Crippen molar-refractivity contribution in [3.63, 3.8) is 0 Å². The van der Waals surface area contributed by atoms with Crippen molar-refractivity contribution in [2.24, 2.45) is 11.7 Å². The van der Waals surface area contributed by atoms with Gasteiger partial charge in [-0.2, -0.15) is 5.26 Å². The van der Waals surface area contributed by atoms with Gasteiger partial charge in [0.2, 0.25) is 5.91 Å².